The maximum absolute atomic E-state index is 15.3. The first-order chi connectivity index (χ1) is 18.2. The van der Waals surface area contributed by atoms with E-state index in [2.05, 4.69) is 10.1 Å². The van der Waals surface area contributed by atoms with E-state index in [-0.39, 0.29) is 41.0 Å². The number of rotatable bonds is 6. The first-order valence-electron chi connectivity index (χ1n) is 11.7. The molecule has 3 heterocycles. The predicted molar refractivity (Wildman–Crippen MR) is 134 cm³/mol. The van der Waals surface area contributed by atoms with E-state index in [0.717, 1.165) is 12.8 Å². The lowest BCUT2D eigenvalue weighted by Gasteiger charge is -2.16. The third-order valence-corrected chi connectivity index (χ3v) is 7.09. The number of carbonyl (C=O) groups is 1. The number of pyridine rings is 1. The van der Waals surface area contributed by atoms with Crippen LogP contribution >= 0.6 is 23.2 Å². The van der Waals surface area contributed by atoms with Crippen molar-refractivity contribution in [3.05, 3.63) is 86.7 Å². The summed E-state index contributed by atoms with van der Waals surface area (Å²) in [5, 5.41) is 14.2. The average Bonchev–Trinajstić information content (AvgIpc) is 3.65. The van der Waals surface area contributed by atoms with Crippen LogP contribution in [0.1, 0.15) is 51.7 Å². The molecule has 1 aliphatic carbocycles. The summed E-state index contributed by atoms with van der Waals surface area (Å²) in [4.78, 5) is 15.4. The minimum absolute atomic E-state index is 0.0404. The number of benzene rings is 2. The van der Waals surface area contributed by atoms with E-state index in [0.29, 0.717) is 32.6 Å². The van der Waals surface area contributed by atoms with E-state index in [1.807, 2.05) is 0 Å². The van der Waals surface area contributed by atoms with Gasteiger partial charge in [0.15, 0.2) is 11.4 Å². The highest BCUT2D eigenvalue weighted by molar-refractivity contribution is 6.39. The van der Waals surface area contributed by atoms with Gasteiger partial charge in [0.1, 0.15) is 23.8 Å². The molecular weight excluding hydrogens is 541 g/mol. The Labute approximate surface area is 224 Å². The molecular formula is C27H18Cl2F2N2O5. The number of nitrogens with zero attached hydrogens (tertiary/aromatic N) is 2. The highest BCUT2D eigenvalue weighted by Gasteiger charge is 2.41. The number of aromatic nitrogens is 2. The Kier molecular flexibility index (Phi) is 6.00. The zero-order valence-electron chi connectivity index (χ0n) is 19.5. The van der Waals surface area contributed by atoms with Crippen LogP contribution in [0.2, 0.25) is 10.0 Å². The fraction of sp³-hybridized carbons (Fsp3) is 0.222. The first kappa shape index (κ1) is 24.6. The Morgan fingerprint density at radius 1 is 1.11 bits per heavy atom. The molecule has 0 saturated heterocycles. The van der Waals surface area contributed by atoms with Crippen LogP contribution in [0, 0.1) is 0 Å². The van der Waals surface area contributed by atoms with Gasteiger partial charge in [0, 0.05) is 29.5 Å². The number of hydrogen-bond donors (Lipinski definition) is 1. The van der Waals surface area contributed by atoms with Gasteiger partial charge in [-0.05, 0) is 43.2 Å². The van der Waals surface area contributed by atoms with Gasteiger partial charge in [0.05, 0.1) is 21.2 Å². The molecule has 2 aromatic heterocycles. The zero-order chi connectivity index (χ0) is 26.6. The van der Waals surface area contributed by atoms with Crippen molar-refractivity contribution in [1.82, 2.24) is 10.1 Å². The molecule has 0 bridgehead atoms. The number of halogens is 4. The van der Waals surface area contributed by atoms with Crippen LogP contribution in [0.3, 0.4) is 0 Å². The van der Waals surface area contributed by atoms with Crippen molar-refractivity contribution >= 4 is 29.2 Å². The molecule has 0 amide bonds. The smallest absolute Gasteiger partial charge is 0.335 e. The summed E-state index contributed by atoms with van der Waals surface area (Å²) in [6.45, 7) is -0.0629. The van der Waals surface area contributed by atoms with E-state index < -0.39 is 24.0 Å². The van der Waals surface area contributed by atoms with Crippen molar-refractivity contribution < 1.29 is 32.7 Å². The number of hydrogen-bond acceptors (Lipinski definition) is 6. The van der Waals surface area contributed by atoms with Gasteiger partial charge in [-0.1, -0.05) is 40.5 Å². The molecule has 11 heteroatoms. The number of aromatic carboxylic acids is 1. The number of ether oxygens (including phenoxy) is 2. The Balaban J connectivity index is 1.32. The maximum atomic E-state index is 15.3. The maximum Gasteiger partial charge on any atom is 0.335 e. The van der Waals surface area contributed by atoms with Gasteiger partial charge in [-0.3, -0.25) is 0 Å². The number of carboxylic acids is 1. The van der Waals surface area contributed by atoms with Crippen LogP contribution in [0.15, 0.2) is 53.1 Å². The molecule has 0 radical (unpaired) electrons. The van der Waals surface area contributed by atoms with Gasteiger partial charge in [0.25, 0.3) is 5.92 Å². The van der Waals surface area contributed by atoms with Gasteiger partial charge in [0.2, 0.25) is 5.88 Å². The third-order valence-electron chi connectivity index (χ3n) is 6.46. The lowest BCUT2D eigenvalue weighted by Crippen LogP contribution is -2.18. The van der Waals surface area contributed by atoms with Crippen molar-refractivity contribution in [2.24, 2.45) is 0 Å². The van der Waals surface area contributed by atoms with Crippen LogP contribution in [-0.4, -0.2) is 21.2 Å². The van der Waals surface area contributed by atoms with Crippen molar-refractivity contribution in [2.75, 3.05) is 0 Å². The second kappa shape index (κ2) is 9.25. The molecule has 4 aromatic rings. The fourth-order valence-corrected chi connectivity index (χ4v) is 4.99. The Morgan fingerprint density at radius 3 is 2.58 bits per heavy atom. The van der Waals surface area contributed by atoms with Crippen molar-refractivity contribution in [1.29, 1.82) is 0 Å². The molecule has 0 unspecified atom stereocenters. The van der Waals surface area contributed by atoms with Crippen LogP contribution < -0.4 is 9.47 Å². The molecule has 2 aromatic carbocycles. The van der Waals surface area contributed by atoms with Crippen molar-refractivity contribution in [2.45, 2.75) is 37.7 Å². The van der Waals surface area contributed by atoms with Crippen LogP contribution in [0.25, 0.3) is 11.3 Å². The third kappa shape index (κ3) is 4.46. The molecule has 1 saturated carbocycles. The highest BCUT2D eigenvalue weighted by atomic mass is 35.5. The lowest BCUT2D eigenvalue weighted by atomic mass is 10.0. The van der Waals surface area contributed by atoms with Gasteiger partial charge >= 0.3 is 5.97 Å². The van der Waals surface area contributed by atoms with E-state index in [9.17, 15) is 9.90 Å². The Hall–Kier alpha value is -3.69. The lowest BCUT2D eigenvalue weighted by molar-refractivity contribution is -0.00857. The summed E-state index contributed by atoms with van der Waals surface area (Å²) >= 11 is 12.8. The van der Waals surface area contributed by atoms with E-state index >= 15 is 8.78 Å². The second-order valence-corrected chi connectivity index (χ2v) is 9.96. The average molecular weight is 559 g/mol. The summed E-state index contributed by atoms with van der Waals surface area (Å²) in [5.74, 6) is -3.95. The van der Waals surface area contributed by atoms with Gasteiger partial charge < -0.3 is 19.1 Å². The van der Waals surface area contributed by atoms with E-state index in [1.165, 1.54) is 30.3 Å². The Morgan fingerprint density at radius 2 is 1.87 bits per heavy atom. The molecule has 1 N–H and O–H groups in total. The highest BCUT2D eigenvalue weighted by Crippen LogP contribution is 2.47. The quantitative estimate of drug-likeness (QED) is 0.260. The predicted octanol–water partition coefficient (Wildman–Crippen LogP) is 7.64. The summed E-state index contributed by atoms with van der Waals surface area (Å²) in [5.41, 5.74) is 1.04. The summed E-state index contributed by atoms with van der Waals surface area (Å²) in [6, 6.07) is 11.6. The first-order valence-corrected chi connectivity index (χ1v) is 12.5. The van der Waals surface area contributed by atoms with Gasteiger partial charge in [-0.25, -0.2) is 9.78 Å². The van der Waals surface area contributed by atoms with Crippen molar-refractivity contribution in [3.8, 4) is 28.6 Å². The monoisotopic (exact) mass is 558 g/mol. The van der Waals surface area contributed by atoms with E-state index in [4.69, 9.17) is 37.2 Å². The normalized spacial score (nSPS) is 15.7. The summed E-state index contributed by atoms with van der Waals surface area (Å²) < 4.78 is 47.7. The van der Waals surface area contributed by atoms with Crippen LogP contribution in [-0.2, 0) is 19.0 Å². The largest absolute Gasteiger partial charge is 0.478 e. The molecule has 194 valence electrons. The molecule has 38 heavy (non-hydrogen) atoms. The van der Waals surface area contributed by atoms with E-state index in [1.54, 1.807) is 18.2 Å². The minimum atomic E-state index is -3.39. The second-order valence-electron chi connectivity index (χ2n) is 9.14. The van der Waals surface area contributed by atoms with Crippen LogP contribution in [0.4, 0.5) is 8.78 Å². The molecule has 0 atom stereocenters. The summed E-state index contributed by atoms with van der Waals surface area (Å²) in [6.07, 6.45) is 1.16. The minimum Gasteiger partial charge on any atom is -0.478 e. The zero-order valence-corrected chi connectivity index (χ0v) is 21.0. The number of carboxylic acid groups (broad SMARTS) is 1. The molecule has 0 spiro atoms. The molecule has 1 aliphatic heterocycles. The van der Waals surface area contributed by atoms with Gasteiger partial charge in [-0.2, -0.15) is 8.78 Å². The van der Waals surface area contributed by atoms with Crippen LogP contribution in [0.5, 0.6) is 17.4 Å². The van der Waals surface area contributed by atoms with Gasteiger partial charge in [-0.15, -0.1) is 0 Å². The van der Waals surface area contributed by atoms with Crippen molar-refractivity contribution in [3.63, 3.8) is 0 Å². The Bertz CT molecular complexity index is 1570. The topological polar surface area (TPSA) is 94.7 Å². The standard InChI is InChI=1S/C27H18Cl2F2N2O5/c28-17-2-1-3-18(29)22(17)23-16(24(38-33-23)13-4-5-13)12-36-21-9-8-19-25(32-21)27(30,31)11-15-7-6-14(26(34)35)10-20(15)37-19/h1-3,6-10,13H,4-5,11-12H2,(H,34,35). The SMILES string of the molecule is O=C(O)c1ccc2c(c1)Oc1ccc(OCc3c(-c4c(Cl)cccc4Cl)noc3C3CC3)nc1C(F)(F)C2. The number of alkyl halides is 2. The molecule has 1 fully saturated rings. The molecule has 6 rings (SSSR count). The number of fused-ring (bicyclic) bond motifs is 2. The fourth-order valence-electron chi connectivity index (χ4n) is 4.42. The summed E-state index contributed by atoms with van der Waals surface area (Å²) in [7, 11) is 0. The molecule has 7 nitrogen and oxygen atoms in total. The molecule has 2 aliphatic rings.